The summed E-state index contributed by atoms with van der Waals surface area (Å²) in [6, 6.07) is -0.733. The van der Waals surface area contributed by atoms with Crippen molar-refractivity contribution in [2.75, 3.05) is 7.11 Å². The molecule has 2 unspecified atom stereocenters. The van der Waals surface area contributed by atoms with Gasteiger partial charge in [0.15, 0.2) is 0 Å². The largest absolute Gasteiger partial charge is 0.469 e. The molecule has 1 saturated heterocycles. The van der Waals surface area contributed by atoms with Gasteiger partial charge in [-0.3, -0.25) is 4.79 Å². The van der Waals surface area contributed by atoms with Gasteiger partial charge in [0.05, 0.1) is 37.9 Å². The zero-order valence-electron chi connectivity index (χ0n) is 22.8. The third-order valence-corrected chi connectivity index (χ3v) is 6.43. The number of rotatable bonds is 13. The maximum atomic E-state index is 11.3. The predicted octanol–water partition coefficient (Wildman–Crippen LogP) is 3.72. The number of ether oxygens (including phenoxy) is 2. The van der Waals surface area contributed by atoms with E-state index < -0.39 is 18.2 Å². The lowest BCUT2D eigenvalue weighted by Crippen LogP contribution is -2.48. The Labute approximate surface area is 217 Å². The molecule has 7 nitrogen and oxygen atoms in total. The highest BCUT2D eigenvalue weighted by atomic mass is 16.5. The van der Waals surface area contributed by atoms with Crippen molar-refractivity contribution in [3.63, 3.8) is 0 Å². The van der Waals surface area contributed by atoms with E-state index in [-0.39, 0.29) is 36.6 Å². The van der Waals surface area contributed by atoms with Crippen LogP contribution in [0.15, 0.2) is 59.8 Å². The van der Waals surface area contributed by atoms with E-state index in [2.05, 4.69) is 30.7 Å². The molecule has 1 heterocycles. The normalized spacial score (nSPS) is 27.5. The van der Waals surface area contributed by atoms with Crippen LogP contribution in [0.1, 0.15) is 60.3 Å². The van der Waals surface area contributed by atoms with E-state index in [9.17, 15) is 15.0 Å². The summed E-state index contributed by atoms with van der Waals surface area (Å²) < 4.78 is 10.7. The molecule has 0 bridgehead atoms. The van der Waals surface area contributed by atoms with Crippen LogP contribution in [0.5, 0.6) is 0 Å². The second-order valence-corrected chi connectivity index (χ2v) is 10.1. The first-order valence-electron chi connectivity index (χ1n) is 12.9. The molecule has 0 aromatic heterocycles. The van der Waals surface area contributed by atoms with E-state index in [1.165, 1.54) is 12.7 Å². The number of esters is 1. The molecule has 204 valence electrons. The van der Waals surface area contributed by atoms with Gasteiger partial charge in [0.2, 0.25) is 0 Å². The molecule has 0 radical (unpaired) electrons. The highest BCUT2D eigenvalue weighted by molar-refractivity contribution is 5.69. The summed E-state index contributed by atoms with van der Waals surface area (Å²) in [6.45, 7) is 10.2. The van der Waals surface area contributed by atoms with Crippen molar-refractivity contribution < 1.29 is 24.5 Å². The van der Waals surface area contributed by atoms with Crippen LogP contribution >= 0.6 is 0 Å². The van der Waals surface area contributed by atoms with E-state index in [0.29, 0.717) is 18.8 Å². The van der Waals surface area contributed by atoms with Gasteiger partial charge in [-0.2, -0.15) is 0 Å². The molecule has 36 heavy (non-hydrogen) atoms. The number of aliphatic hydroxyl groups is 2. The van der Waals surface area contributed by atoms with Crippen molar-refractivity contribution in [2.24, 2.45) is 23.3 Å². The summed E-state index contributed by atoms with van der Waals surface area (Å²) in [7, 11) is 1.32. The molecule has 0 aliphatic carbocycles. The Morgan fingerprint density at radius 2 is 1.92 bits per heavy atom. The Kier molecular flexibility index (Phi) is 14.8. The molecule has 1 rings (SSSR count). The predicted molar refractivity (Wildman–Crippen MR) is 146 cm³/mol. The second-order valence-electron chi connectivity index (χ2n) is 10.1. The number of methoxy groups -OCH3 is 1. The number of nitrogens with two attached hydrogens (primary N) is 2. The van der Waals surface area contributed by atoms with Gasteiger partial charge in [0.25, 0.3) is 0 Å². The minimum atomic E-state index is -0.718. The quantitative estimate of drug-likeness (QED) is 0.171. The minimum absolute atomic E-state index is 0.0519. The Hall–Kier alpha value is -2.03. The lowest BCUT2D eigenvalue weighted by Gasteiger charge is -2.38. The first-order chi connectivity index (χ1) is 17.0. The number of carbonyl (C=O) groups is 1. The Bertz CT molecular complexity index is 816. The molecule has 6 N–H and O–H groups in total. The Balaban J connectivity index is 2.56. The van der Waals surface area contributed by atoms with Crippen molar-refractivity contribution in [3.8, 4) is 0 Å². The van der Waals surface area contributed by atoms with E-state index in [0.717, 1.165) is 12.0 Å². The molecule has 0 aromatic carbocycles. The first-order valence-corrected chi connectivity index (χ1v) is 12.9. The van der Waals surface area contributed by atoms with Crippen LogP contribution in [0, 0.1) is 11.8 Å². The minimum Gasteiger partial charge on any atom is -0.469 e. The van der Waals surface area contributed by atoms with Gasteiger partial charge in [0, 0.05) is 24.4 Å². The molecule has 0 amide bonds. The number of carbonyl (C=O) groups excluding carboxylic acids is 1. The number of hydrogen-bond acceptors (Lipinski definition) is 7. The maximum Gasteiger partial charge on any atom is 0.307 e. The smallest absolute Gasteiger partial charge is 0.307 e. The van der Waals surface area contributed by atoms with Crippen molar-refractivity contribution in [3.05, 3.63) is 59.8 Å². The zero-order chi connectivity index (χ0) is 27.3. The third-order valence-electron chi connectivity index (χ3n) is 6.43. The average Bonchev–Trinajstić information content (AvgIpc) is 2.80. The molecular formula is C29H48N2O5. The van der Waals surface area contributed by atoms with Gasteiger partial charge in [-0.15, -0.1) is 0 Å². The molecule has 1 fully saturated rings. The maximum absolute atomic E-state index is 11.3. The van der Waals surface area contributed by atoms with E-state index in [1.54, 1.807) is 6.08 Å². The van der Waals surface area contributed by atoms with Gasteiger partial charge in [-0.25, -0.2) is 0 Å². The van der Waals surface area contributed by atoms with Crippen molar-refractivity contribution >= 4 is 5.97 Å². The summed E-state index contributed by atoms with van der Waals surface area (Å²) in [5.74, 6) is -0.0137. The molecule has 1 aliphatic heterocycles. The zero-order valence-corrected chi connectivity index (χ0v) is 22.8. The van der Waals surface area contributed by atoms with Crippen LogP contribution in [0.4, 0.5) is 0 Å². The van der Waals surface area contributed by atoms with E-state index >= 15 is 0 Å². The third kappa shape index (κ3) is 12.3. The summed E-state index contributed by atoms with van der Waals surface area (Å²) in [5, 5.41) is 20.5. The second kappa shape index (κ2) is 16.7. The molecule has 0 aromatic rings. The van der Waals surface area contributed by atoms with Crippen LogP contribution in [0.2, 0.25) is 0 Å². The first kappa shape index (κ1) is 32.0. The van der Waals surface area contributed by atoms with E-state index in [1.807, 2.05) is 51.2 Å². The standard InChI is InChI=1S/C29H48N2O5/c1-7-9-27-22(5)26(33)18-28(36-27)25(31)11-8-10-19(2)14-21(4)15-20(3)12-13-24(32)16-23(30)17-29(34)35-6/h7-13,15,21-28,32-33H,14,16-18,30-31H2,1-6H3/b9-7+,11-8+,13-12+,19-10+,20-15-/t21-,22+,23?,24?,25+,26-,27+,28+/m1/s1. The monoisotopic (exact) mass is 504 g/mol. The molecular weight excluding hydrogens is 456 g/mol. The molecule has 7 heteroatoms. The van der Waals surface area contributed by atoms with Crippen molar-refractivity contribution in [1.29, 1.82) is 0 Å². The SMILES string of the molecule is C/C=C/[C@@H]1O[C@H]([C@@H](N)/C=C/C=C(\C)C[C@@H](C)/C=C(C)\C=C\C(O)CC(N)CC(=O)OC)C[C@@H](O)[C@@H]1C. The molecule has 1 aliphatic rings. The number of hydrogen-bond donors (Lipinski definition) is 4. The number of allylic oxidation sites excluding steroid dienone is 7. The topological polar surface area (TPSA) is 128 Å². The van der Waals surface area contributed by atoms with Crippen molar-refractivity contribution in [2.45, 2.75) is 96.8 Å². The van der Waals surface area contributed by atoms with Crippen LogP contribution in [0.3, 0.4) is 0 Å². The summed E-state index contributed by atoms with van der Waals surface area (Å²) in [4.78, 5) is 11.3. The molecule has 0 saturated carbocycles. The number of aliphatic hydroxyl groups excluding tert-OH is 2. The molecule has 0 spiro atoms. The lowest BCUT2D eigenvalue weighted by atomic mass is 9.88. The van der Waals surface area contributed by atoms with E-state index in [4.69, 9.17) is 16.2 Å². The van der Waals surface area contributed by atoms with Crippen LogP contribution in [0.25, 0.3) is 0 Å². The van der Waals surface area contributed by atoms with Gasteiger partial charge in [-0.05, 0) is 39.5 Å². The highest BCUT2D eigenvalue weighted by Crippen LogP contribution is 2.28. The highest BCUT2D eigenvalue weighted by Gasteiger charge is 2.35. The van der Waals surface area contributed by atoms with Crippen LogP contribution in [-0.4, -0.2) is 59.8 Å². The van der Waals surface area contributed by atoms with Crippen LogP contribution in [-0.2, 0) is 14.3 Å². The van der Waals surface area contributed by atoms with Crippen LogP contribution < -0.4 is 11.5 Å². The summed E-state index contributed by atoms with van der Waals surface area (Å²) in [6.07, 6.45) is 15.9. The lowest BCUT2D eigenvalue weighted by molar-refractivity contribution is -0.141. The average molecular weight is 505 g/mol. The fraction of sp³-hybridized carbons (Fsp3) is 0.621. The molecule has 8 atom stereocenters. The Morgan fingerprint density at radius 3 is 2.56 bits per heavy atom. The van der Waals surface area contributed by atoms with Crippen molar-refractivity contribution in [1.82, 2.24) is 0 Å². The van der Waals surface area contributed by atoms with Gasteiger partial charge in [-0.1, -0.05) is 73.6 Å². The summed E-state index contributed by atoms with van der Waals surface area (Å²) in [5.41, 5.74) is 14.5. The Morgan fingerprint density at radius 1 is 1.22 bits per heavy atom. The fourth-order valence-corrected chi connectivity index (χ4v) is 4.35. The summed E-state index contributed by atoms with van der Waals surface area (Å²) >= 11 is 0. The fourth-order valence-electron chi connectivity index (χ4n) is 4.35. The van der Waals surface area contributed by atoms with Gasteiger partial charge >= 0.3 is 5.97 Å². The van der Waals surface area contributed by atoms with Gasteiger partial charge < -0.3 is 31.2 Å². The van der Waals surface area contributed by atoms with Gasteiger partial charge in [0.1, 0.15) is 0 Å².